The number of ether oxygens (including phenoxy) is 1. The molecule has 0 aliphatic heterocycles. The van der Waals surface area contributed by atoms with E-state index in [-0.39, 0.29) is 0 Å². The van der Waals surface area contributed by atoms with Crippen molar-refractivity contribution in [1.29, 1.82) is 0 Å². The number of nitrogens with one attached hydrogen (secondary N) is 1. The van der Waals surface area contributed by atoms with Gasteiger partial charge in [-0.15, -0.1) is 0 Å². The second-order valence-corrected chi connectivity index (χ2v) is 4.55. The van der Waals surface area contributed by atoms with Crippen molar-refractivity contribution in [2.45, 2.75) is 13.3 Å². The lowest BCUT2D eigenvalue weighted by molar-refractivity contribution is 0.458. The lowest BCUT2D eigenvalue weighted by atomic mass is 10.2. The van der Waals surface area contributed by atoms with Gasteiger partial charge in [-0.25, -0.2) is 4.98 Å². The summed E-state index contributed by atoms with van der Waals surface area (Å²) in [6.07, 6.45) is 2.64. The highest BCUT2D eigenvalue weighted by Crippen LogP contribution is 2.28. The molecule has 0 saturated heterocycles. The number of hydrogen-bond donors (Lipinski definition) is 1. The van der Waals surface area contributed by atoms with Gasteiger partial charge in [0.25, 0.3) is 0 Å². The fourth-order valence-corrected chi connectivity index (χ4v) is 1.76. The Morgan fingerprint density at radius 3 is 2.94 bits per heavy atom. The molecular weight excluding hydrogens is 294 g/mol. The maximum Gasteiger partial charge on any atom is 0.238 e. The summed E-state index contributed by atoms with van der Waals surface area (Å²) in [6, 6.07) is 7.96. The average molecular weight is 308 g/mol. The Morgan fingerprint density at radius 1 is 1.39 bits per heavy atom. The second kappa shape index (κ2) is 5.82. The van der Waals surface area contributed by atoms with E-state index in [1.165, 1.54) is 5.56 Å². The number of anilines is 1. The minimum atomic E-state index is 0.502. The van der Waals surface area contributed by atoms with Crippen LogP contribution in [-0.2, 0) is 6.42 Å². The molecule has 2 aromatic rings. The molecule has 94 valence electrons. The fourth-order valence-electron chi connectivity index (χ4n) is 1.48. The van der Waals surface area contributed by atoms with Crippen LogP contribution in [0.5, 0.6) is 11.6 Å². The SMILES string of the molecule is CCc1cccc(Oc2nc(NC)ncc2Br)c1. The minimum absolute atomic E-state index is 0.502. The Balaban J connectivity index is 2.27. The Bertz CT molecular complexity index is 546. The normalized spacial score (nSPS) is 10.2. The first kappa shape index (κ1) is 12.8. The van der Waals surface area contributed by atoms with E-state index in [1.807, 2.05) is 18.2 Å². The molecule has 0 aliphatic carbocycles. The van der Waals surface area contributed by atoms with E-state index in [4.69, 9.17) is 4.74 Å². The summed E-state index contributed by atoms with van der Waals surface area (Å²) in [6.45, 7) is 2.11. The molecule has 1 aromatic heterocycles. The Morgan fingerprint density at radius 2 is 2.22 bits per heavy atom. The van der Waals surface area contributed by atoms with Crippen molar-refractivity contribution < 1.29 is 4.74 Å². The van der Waals surface area contributed by atoms with Crippen LogP contribution in [0, 0.1) is 0 Å². The molecule has 0 aliphatic rings. The lowest BCUT2D eigenvalue weighted by Crippen LogP contribution is -1.98. The van der Waals surface area contributed by atoms with Crippen molar-refractivity contribution in [2.75, 3.05) is 12.4 Å². The van der Waals surface area contributed by atoms with Crippen LogP contribution in [0.15, 0.2) is 34.9 Å². The van der Waals surface area contributed by atoms with E-state index in [9.17, 15) is 0 Å². The Labute approximate surface area is 115 Å². The molecule has 0 unspecified atom stereocenters. The number of hydrogen-bond acceptors (Lipinski definition) is 4. The molecule has 0 saturated carbocycles. The molecule has 1 aromatic carbocycles. The topological polar surface area (TPSA) is 47.0 Å². The molecule has 0 amide bonds. The monoisotopic (exact) mass is 307 g/mol. The molecule has 0 bridgehead atoms. The molecule has 0 radical (unpaired) electrons. The highest BCUT2D eigenvalue weighted by atomic mass is 79.9. The fraction of sp³-hybridized carbons (Fsp3) is 0.231. The average Bonchev–Trinajstić information content (AvgIpc) is 2.41. The van der Waals surface area contributed by atoms with Gasteiger partial charge in [0.05, 0.1) is 10.7 Å². The lowest BCUT2D eigenvalue weighted by Gasteiger charge is -2.08. The van der Waals surface area contributed by atoms with Crippen molar-refractivity contribution in [1.82, 2.24) is 9.97 Å². The molecule has 5 heteroatoms. The molecule has 4 nitrogen and oxygen atoms in total. The van der Waals surface area contributed by atoms with Gasteiger partial charge < -0.3 is 10.1 Å². The summed E-state index contributed by atoms with van der Waals surface area (Å²) < 4.78 is 6.48. The molecule has 18 heavy (non-hydrogen) atoms. The van der Waals surface area contributed by atoms with Crippen molar-refractivity contribution in [3.05, 3.63) is 40.5 Å². The molecule has 2 rings (SSSR count). The molecule has 0 atom stereocenters. The van der Waals surface area contributed by atoms with Crippen molar-refractivity contribution >= 4 is 21.9 Å². The third-order valence-electron chi connectivity index (χ3n) is 2.46. The summed E-state index contributed by atoms with van der Waals surface area (Å²) in [7, 11) is 1.77. The number of benzene rings is 1. The van der Waals surface area contributed by atoms with Gasteiger partial charge in [0, 0.05) is 7.05 Å². The van der Waals surface area contributed by atoms with Crippen LogP contribution < -0.4 is 10.1 Å². The van der Waals surface area contributed by atoms with Crippen LogP contribution in [0.1, 0.15) is 12.5 Å². The third-order valence-corrected chi connectivity index (χ3v) is 3.00. The van der Waals surface area contributed by atoms with E-state index in [0.29, 0.717) is 11.8 Å². The number of rotatable bonds is 4. The molecule has 1 N–H and O–H groups in total. The minimum Gasteiger partial charge on any atom is -0.438 e. The van der Waals surface area contributed by atoms with Gasteiger partial charge in [-0.1, -0.05) is 19.1 Å². The van der Waals surface area contributed by atoms with Crippen molar-refractivity contribution in [3.63, 3.8) is 0 Å². The highest BCUT2D eigenvalue weighted by molar-refractivity contribution is 9.10. The summed E-state index contributed by atoms with van der Waals surface area (Å²) in [4.78, 5) is 8.33. The third kappa shape index (κ3) is 2.98. The molecular formula is C13H14BrN3O. The number of aromatic nitrogens is 2. The van der Waals surface area contributed by atoms with E-state index < -0.39 is 0 Å². The largest absolute Gasteiger partial charge is 0.438 e. The van der Waals surface area contributed by atoms with Gasteiger partial charge in [0.15, 0.2) is 0 Å². The molecule has 0 spiro atoms. The van der Waals surface area contributed by atoms with Gasteiger partial charge in [0.2, 0.25) is 11.8 Å². The maximum absolute atomic E-state index is 5.76. The van der Waals surface area contributed by atoms with Gasteiger partial charge in [0.1, 0.15) is 5.75 Å². The standard InChI is InChI=1S/C13H14BrN3O/c1-3-9-5-4-6-10(7-9)18-12-11(14)8-16-13(15-2)17-12/h4-8H,3H2,1-2H3,(H,15,16,17). The summed E-state index contributed by atoms with van der Waals surface area (Å²) in [5, 5.41) is 2.88. The predicted octanol–water partition coefficient (Wildman–Crippen LogP) is 3.64. The number of nitrogens with zero attached hydrogens (tertiary/aromatic N) is 2. The van der Waals surface area contributed by atoms with Crippen LogP contribution in [0.2, 0.25) is 0 Å². The molecule has 1 heterocycles. The Kier molecular flexibility index (Phi) is 4.15. The predicted molar refractivity (Wildman–Crippen MR) is 75.2 cm³/mol. The summed E-state index contributed by atoms with van der Waals surface area (Å²) >= 11 is 3.37. The molecule has 0 fully saturated rings. The Hall–Kier alpha value is -1.62. The zero-order valence-corrected chi connectivity index (χ0v) is 11.9. The second-order valence-electron chi connectivity index (χ2n) is 3.70. The van der Waals surface area contributed by atoms with E-state index in [2.05, 4.69) is 44.2 Å². The van der Waals surface area contributed by atoms with Gasteiger partial charge in [-0.3, -0.25) is 0 Å². The van der Waals surface area contributed by atoms with Crippen LogP contribution in [0.4, 0.5) is 5.95 Å². The first-order valence-corrected chi connectivity index (χ1v) is 6.49. The zero-order chi connectivity index (χ0) is 13.0. The van der Waals surface area contributed by atoms with Crippen LogP contribution in [-0.4, -0.2) is 17.0 Å². The number of aryl methyl sites for hydroxylation is 1. The van der Waals surface area contributed by atoms with Crippen LogP contribution in [0.3, 0.4) is 0 Å². The van der Waals surface area contributed by atoms with E-state index in [1.54, 1.807) is 13.2 Å². The first-order chi connectivity index (χ1) is 8.72. The van der Waals surface area contributed by atoms with E-state index >= 15 is 0 Å². The summed E-state index contributed by atoms with van der Waals surface area (Å²) in [5.74, 6) is 1.80. The van der Waals surface area contributed by atoms with Gasteiger partial charge in [-0.2, -0.15) is 4.98 Å². The highest BCUT2D eigenvalue weighted by Gasteiger charge is 2.07. The van der Waals surface area contributed by atoms with Crippen LogP contribution in [0.25, 0.3) is 0 Å². The van der Waals surface area contributed by atoms with Crippen molar-refractivity contribution in [2.24, 2.45) is 0 Å². The van der Waals surface area contributed by atoms with Crippen LogP contribution >= 0.6 is 15.9 Å². The maximum atomic E-state index is 5.76. The summed E-state index contributed by atoms with van der Waals surface area (Å²) in [5.41, 5.74) is 1.23. The number of halogens is 1. The van der Waals surface area contributed by atoms with Gasteiger partial charge in [-0.05, 0) is 40.0 Å². The van der Waals surface area contributed by atoms with Gasteiger partial charge >= 0.3 is 0 Å². The van der Waals surface area contributed by atoms with E-state index in [0.717, 1.165) is 16.6 Å². The quantitative estimate of drug-likeness (QED) is 0.937. The smallest absolute Gasteiger partial charge is 0.238 e. The van der Waals surface area contributed by atoms with Crippen molar-refractivity contribution in [3.8, 4) is 11.6 Å². The zero-order valence-electron chi connectivity index (χ0n) is 10.3. The first-order valence-electron chi connectivity index (χ1n) is 5.70.